The van der Waals surface area contributed by atoms with Crippen molar-refractivity contribution in [3.8, 4) is 5.69 Å². The molecule has 0 bridgehead atoms. The lowest BCUT2D eigenvalue weighted by atomic mass is 10.2. The number of benzene rings is 1. The smallest absolute Gasteiger partial charge is 0.311 e. The third-order valence-corrected chi connectivity index (χ3v) is 2.50. The third kappa shape index (κ3) is 2.72. The molecule has 0 atom stereocenters. The minimum absolute atomic E-state index is 0.204. The first-order valence-electron chi connectivity index (χ1n) is 5.37. The second-order valence-electron chi connectivity index (χ2n) is 3.84. The minimum Gasteiger partial charge on any atom is -0.469 e. The van der Waals surface area contributed by atoms with Crippen LogP contribution >= 0.6 is 0 Å². The van der Waals surface area contributed by atoms with Gasteiger partial charge in [-0.2, -0.15) is 5.10 Å². The Hall–Kier alpha value is -2.10. The molecule has 4 heteroatoms. The number of hydrogen-bond donors (Lipinski definition) is 0. The summed E-state index contributed by atoms with van der Waals surface area (Å²) in [5, 5.41) is 4.31. The molecule has 0 N–H and O–H groups in total. The summed E-state index contributed by atoms with van der Waals surface area (Å²) in [6.45, 7) is 2.04. The van der Waals surface area contributed by atoms with Gasteiger partial charge in [-0.1, -0.05) is 17.7 Å². The van der Waals surface area contributed by atoms with Crippen LogP contribution in [0.5, 0.6) is 0 Å². The van der Waals surface area contributed by atoms with Crippen molar-refractivity contribution in [1.29, 1.82) is 0 Å². The Kier molecular flexibility index (Phi) is 3.23. The van der Waals surface area contributed by atoms with E-state index in [9.17, 15) is 4.79 Å². The van der Waals surface area contributed by atoms with Crippen molar-refractivity contribution in [1.82, 2.24) is 9.78 Å². The van der Waals surface area contributed by atoms with Crippen LogP contribution in [0.25, 0.3) is 5.69 Å². The second kappa shape index (κ2) is 4.82. The van der Waals surface area contributed by atoms with Gasteiger partial charge < -0.3 is 4.74 Å². The summed E-state index contributed by atoms with van der Waals surface area (Å²) >= 11 is 0. The van der Waals surface area contributed by atoms with Crippen molar-refractivity contribution < 1.29 is 9.53 Å². The average Bonchev–Trinajstić information content (AvgIpc) is 2.78. The van der Waals surface area contributed by atoms with Crippen molar-refractivity contribution in [2.45, 2.75) is 13.3 Å². The SMILES string of the molecule is COC(=O)Cc1ccn(-c2ccc(C)cc2)n1. The van der Waals surface area contributed by atoms with E-state index in [1.54, 1.807) is 4.68 Å². The number of nitrogens with zero attached hydrogens (tertiary/aromatic N) is 2. The van der Waals surface area contributed by atoms with Crippen LogP contribution in [0, 0.1) is 6.92 Å². The number of carbonyl (C=O) groups excluding carboxylic acids is 1. The molecule has 0 aliphatic carbocycles. The summed E-state index contributed by atoms with van der Waals surface area (Å²) in [6.07, 6.45) is 2.04. The van der Waals surface area contributed by atoms with Gasteiger partial charge in [-0.05, 0) is 25.1 Å². The molecule has 17 heavy (non-hydrogen) atoms. The lowest BCUT2D eigenvalue weighted by Crippen LogP contribution is -2.05. The van der Waals surface area contributed by atoms with Crippen LogP contribution in [-0.2, 0) is 16.0 Å². The molecule has 0 spiro atoms. The summed E-state index contributed by atoms with van der Waals surface area (Å²) in [5.74, 6) is -0.279. The molecule has 0 aliphatic rings. The van der Waals surface area contributed by atoms with Crippen molar-refractivity contribution in [3.63, 3.8) is 0 Å². The Balaban J connectivity index is 2.18. The zero-order valence-electron chi connectivity index (χ0n) is 9.88. The first kappa shape index (κ1) is 11.4. The molecule has 4 nitrogen and oxygen atoms in total. The quantitative estimate of drug-likeness (QED) is 0.756. The molecule has 0 saturated carbocycles. The fourth-order valence-corrected chi connectivity index (χ4v) is 1.52. The molecule has 1 heterocycles. The Morgan fingerprint density at radius 2 is 2.00 bits per heavy atom. The number of aryl methyl sites for hydroxylation is 1. The van der Waals surface area contributed by atoms with Gasteiger partial charge in [-0.15, -0.1) is 0 Å². The second-order valence-corrected chi connectivity index (χ2v) is 3.84. The van der Waals surface area contributed by atoms with E-state index in [4.69, 9.17) is 0 Å². The van der Waals surface area contributed by atoms with Crippen LogP contribution < -0.4 is 0 Å². The fraction of sp³-hybridized carbons (Fsp3) is 0.231. The molecule has 0 fully saturated rings. The van der Waals surface area contributed by atoms with E-state index < -0.39 is 0 Å². The number of carbonyl (C=O) groups is 1. The first-order valence-corrected chi connectivity index (χ1v) is 5.37. The van der Waals surface area contributed by atoms with Gasteiger partial charge in [0.15, 0.2) is 0 Å². The Morgan fingerprint density at radius 1 is 1.29 bits per heavy atom. The van der Waals surface area contributed by atoms with Crippen molar-refractivity contribution in [2.75, 3.05) is 7.11 Å². The summed E-state index contributed by atoms with van der Waals surface area (Å²) in [4.78, 5) is 11.1. The van der Waals surface area contributed by atoms with Crippen LogP contribution in [0.2, 0.25) is 0 Å². The van der Waals surface area contributed by atoms with Crippen LogP contribution in [-0.4, -0.2) is 22.9 Å². The molecule has 0 amide bonds. The van der Waals surface area contributed by atoms with Crippen molar-refractivity contribution in [2.24, 2.45) is 0 Å². The monoisotopic (exact) mass is 230 g/mol. The molecule has 1 aromatic heterocycles. The van der Waals surface area contributed by atoms with E-state index in [1.165, 1.54) is 12.7 Å². The standard InChI is InChI=1S/C13H14N2O2/c1-10-3-5-12(6-4-10)15-8-7-11(14-15)9-13(16)17-2/h3-8H,9H2,1-2H3. The number of aromatic nitrogens is 2. The van der Waals surface area contributed by atoms with Gasteiger partial charge in [-0.3, -0.25) is 4.79 Å². The summed E-state index contributed by atoms with van der Waals surface area (Å²) in [6, 6.07) is 9.85. The van der Waals surface area contributed by atoms with Gasteiger partial charge >= 0.3 is 5.97 Å². The summed E-state index contributed by atoms with van der Waals surface area (Å²) in [5.41, 5.74) is 2.89. The number of esters is 1. The highest BCUT2D eigenvalue weighted by Gasteiger charge is 2.06. The van der Waals surface area contributed by atoms with Crippen LogP contribution in [0.1, 0.15) is 11.3 Å². The predicted molar refractivity (Wildman–Crippen MR) is 64.0 cm³/mol. The molecular weight excluding hydrogens is 216 g/mol. The zero-order chi connectivity index (χ0) is 12.3. The highest BCUT2D eigenvalue weighted by atomic mass is 16.5. The van der Waals surface area contributed by atoms with Gasteiger partial charge in [0.05, 0.1) is 24.9 Å². The van der Waals surface area contributed by atoms with Crippen LogP contribution in [0.3, 0.4) is 0 Å². The Labute approximate surface area is 99.8 Å². The maximum Gasteiger partial charge on any atom is 0.311 e. The summed E-state index contributed by atoms with van der Waals surface area (Å²) < 4.78 is 6.34. The van der Waals surface area contributed by atoms with Gasteiger partial charge in [0.25, 0.3) is 0 Å². The predicted octanol–water partition coefficient (Wildman–Crippen LogP) is 1.90. The molecule has 2 aromatic rings. The largest absolute Gasteiger partial charge is 0.469 e. The van der Waals surface area contributed by atoms with Gasteiger partial charge in [-0.25, -0.2) is 4.68 Å². The van der Waals surface area contributed by atoms with Gasteiger partial charge in [0.1, 0.15) is 0 Å². The minimum atomic E-state index is -0.279. The lowest BCUT2D eigenvalue weighted by molar-refractivity contribution is -0.139. The number of hydrogen-bond acceptors (Lipinski definition) is 3. The van der Waals surface area contributed by atoms with Gasteiger partial charge in [0, 0.05) is 6.20 Å². The maximum absolute atomic E-state index is 11.1. The first-order chi connectivity index (χ1) is 8.19. The zero-order valence-corrected chi connectivity index (χ0v) is 9.88. The average molecular weight is 230 g/mol. The number of rotatable bonds is 3. The number of ether oxygens (including phenoxy) is 1. The van der Waals surface area contributed by atoms with Crippen LogP contribution in [0.15, 0.2) is 36.5 Å². The topological polar surface area (TPSA) is 44.1 Å². The van der Waals surface area contributed by atoms with E-state index in [1.807, 2.05) is 43.5 Å². The highest BCUT2D eigenvalue weighted by Crippen LogP contribution is 2.09. The van der Waals surface area contributed by atoms with Gasteiger partial charge in [0.2, 0.25) is 0 Å². The molecule has 88 valence electrons. The Bertz CT molecular complexity index is 514. The molecule has 0 unspecified atom stereocenters. The van der Waals surface area contributed by atoms with E-state index in [2.05, 4.69) is 9.84 Å². The van der Waals surface area contributed by atoms with E-state index >= 15 is 0 Å². The highest BCUT2D eigenvalue weighted by molar-refractivity contribution is 5.71. The molecule has 0 aliphatic heterocycles. The molecule has 0 saturated heterocycles. The number of methoxy groups -OCH3 is 1. The van der Waals surface area contributed by atoms with E-state index in [0.717, 1.165) is 5.69 Å². The van der Waals surface area contributed by atoms with Crippen LogP contribution in [0.4, 0.5) is 0 Å². The summed E-state index contributed by atoms with van der Waals surface area (Å²) in [7, 11) is 1.37. The third-order valence-electron chi connectivity index (χ3n) is 2.50. The maximum atomic E-state index is 11.1. The molecule has 0 radical (unpaired) electrons. The fourth-order valence-electron chi connectivity index (χ4n) is 1.52. The van der Waals surface area contributed by atoms with E-state index in [-0.39, 0.29) is 12.4 Å². The molecule has 2 rings (SSSR count). The normalized spacial score (nSPS) is 10.2. The Morgan fingerprint density at radius 3 is 2.65 bits per heavy atom. The lowest BCUT2D eigenvalue weighted by Gasteiger charge is -2.01. The molecular formula is C13H14N2O2. The van der Waals surface area contributed by atoms with E-state index in [0.29, 0.717) is 5.69 Å². The van der Waals surface area contributed by atoms with Crippen molar-refractivity contribution in [3.05, 3.63) is 47.8 Å². The van der Waals surface area contributed by atoms with Crippen molar-refractivity contribution >= 4 is 5.97 Å². The molecule has 1 aromatic carbocycles.